The third-order valence-corrected chi connectivity index (χ3v) is 5.47. The predicted molar refractivity (Wildman–Crippen MR) is 98.5 cm³/mol. The number of hydrogen-bond acceptors (Lipinski definition) is 5. The first kappa shape index (κ1) is 22.0. The van der Waals surface area contributed by atoms with E-state index in [1.807, 2.05) is 0 Å². The molecule has 0 saturated heterocycles. The van der Waals surface area contributed by atoms with E-state index >= 15 is 0 Å². The third kappa shape index (κ3) is 5.14. The Labute approximate surface area is 165 Å². The summed E-state index contributed by atoms with van der Waals surface area (Å²) in [5, 5.41) is 8.46. The summed E-state index contributed by atoms with van der Waals surface area (Å²) >= 11 is 0. The molecule has 0 fully saturated rings. The van der Waals surface area contributed by atoms with Crippen molar-refractivity contribution in [3.63, 3.8) is 0 Å². The van der Waals surface area contributed by atoms with E-state index in [9.17, 15) is 26.4 Å². The number of halogens is 3. The zero-order valence-electron chi connectivity index (χ0n) is 14.9. The van der Waals surface area contributed by atoms with Crippen molar-refractivity contribution in [2.75, 3.05) is 17.5 Å². The van der Waals surface area contributed by atoms with Crippen LogP contribution in [0.3, 0.4) is 0 Å². The normalized spacial score (nSPS) is 11.4. The number of nitriles is 1. The minimum absolute atomic E-state index is 0.121. The van der Waals surface area contributed by atoms with Gasteiger partial charge in [-0.05, 0) is 36.4 Å². The van der Waals surface area contributed by atoms with E-state index in [0.717, 1.165) is 22.5 Å². The van der Waals surface area contributed by atoms with Crippen LogP contribution in [0.5, 0.6) is 0 Å². The van der Waals surface area contributed by atoms with Crippen LogP contribution in [-0.2, 0) is 20.9 Å². The molecule has 0 bridgehead atoms. The topological polar surface area (TPSA) is 87.5 Å². The van der Waals surface area contributed by atoms with Gasteiger partial charge in [0.25, 0.3) is 10.0 Å². The molecule has 0 unspecified atom stereocenters. The van der Waals surface area contributed by atoms with Crippen LogP contribution >= 0.6 is 0 Å². The molecule has 6 nitrogen and oxygen atoms in total. The maximum absolute atomic E-state index is 13.1. The molecule has 2 aromatic carbocycles. The lowest BCUT2D eigenvalue weighted by Crippen LogP contribution is -2.31. The number of benzene rings is 2. The zero-order valence-corrected chi connectivity index (χ0v) is 15.7. The summed E-state index contributed by atoms with van der Waals surface area (Å²) in [5.41, 5.74) is -1.34. The molecule has 0 heterocycles. The van der Waals surface area contributed by atoms with Crippen LogP contribution in [0, 0.1) is 11.3 Å². The highest BCUT2D eigenvalue weighted by Crippen LogP contribution is 2.33. The minimum Gasteiger partial charge on any atom is -0.447 e. The van der Waals surface area contributed by atoms with Gasteiger partial charge in [-0.15, -0.1) is 6.58 Å². The number of ether oxygens (including phenoxy) is 1. The average Bonchev–Trinajstić information content (AvgIpc) is 2.69. The lowest BCUT2D eigenvalue weighted by Gasteiger charge is -2.24. The number of hydrogen-bond donors (Lipinski definition) is 0. The van der Waals surface area contributed by atoms with Crippen molar-refractivity contribution < 1.29 is 31.1 Å². The fraction of sp³-hybridized carbons (Fsp3) is 0.158. The molecule has 0 aliphatic heterocycles. The van der Waals surface area contributed by atoms with Crippen LogP contribution in [0.15, 0.2) is 66.1 Å². The molecule has 0 atom stereocenters. The molecule has 0 aliphatic rings. The summed E-state index contributed by atoms with van der Waals surface area (Å²) in [6.45, 7) is 2.64. The van der Waals surface area contributed by atoms with Gasteiger partial charge < -0.3 is 4.74 Å². The molecule has 0 amide bonds. The summed E-state index contributed by atoms with van der Waals surface area (Å²) < 4.78 is 70.6. The van der Waals surface area contributed by atoms with Crippen LogP contribution in [0.25, 0.3) is 0 Å². The average molecular weight is 424 g/mol. The second kappa shape index (κ2) is 8.79. The fourth-order valence-corrected chi connectivity index (χ4v) is 3.86. The predicted octanol–water partition coefficient (Wildman–Crippen LogP) is 3.77. The summed E-state index contributed by atoms with van der Waals surface area (Å²) in [6.07, 6.45) is -3.42. The molecule has 2 aromatic rings. The first-order valence-corrected chi connectivity index (χ1v) is 9.50. The lowest BCUT2D eigenvalue weighted by molar-refractivity contribution is -0.137. The molecule has 0 radical (unpaired) electrons. The van der Waals surface area contributed by atoms with E-state index in [1.54, 1.807) is 6.07 Å². The van der Waals surface area contributed by atoms with Crippen molar-refractivity contribution in [1.29, 1.82) is 5.26 Å². The molecule has 29 heavy (non-hydrogen) atoms. The fourth-order valence-electron chi connectivity index (χ4n) is 2.39. The molecule has 0 saturated carbocycles. The van der Waals surface area contributed by atoms with Gasteiger partial charge >= 0.3 is 12.1 Å². The van der Waals surface area contributed by atoms with Gasteiger partial charge in [-0.2, -0.15) is 18.4 Å². The van der Waals surface area contributed by atoms with Crippen molar-refractivity contribution in [1.82, 2.24) is 0 Å². The highest BCUT2D eigenvalue weighted by atomic mass is 32.2. The van der Waals surface area contributed by atoms with Crippen LogP contribution in [0.1, 0.15) is 15.9 Å². The van der Waals surface area contributed by atoms with Crippen molar-refractivity contribution >= 4 is 21.7 Å². The number of alkyl halides is 3. The largest absolute Gasteiger partial charge is 0.447 e. The van der Waals surface area contributed by atoms with Gasteiger partial charge in [0.15, 0.2) is 6.61 Å². The molecule has 10 heteroatoms. The lowest BCUT2D eigenvalue weighted by atomic mass is 10.2. The Morgan fingerprint density at radius 3 is 2.52 bits per heavy atom. The van der Waals surface area contributed by atoms with Crippen molar-refractivity contribution in [2.45, 2.75) is 11.1 Å². The number of rotatable bonds is 7. The number of nitrogens with zero attached hydrogens (tertiary/aromatic N) is 2. The molecular formula is C19H15F3N2O4S. The smallest absolute Gasteiger partial charge is 0.416 e. The highest BCUT2D eigenvalue weighted by molar-refractivity contribution is 7.92. The Bertz CT molecular complexity index is 1060. The monoisotopic (exact) mass is 424 g/mol. The van der Waals surface area contributed by atoms with E-state index in [1.165, 1.54) is 30.3 Å². The highest BCUT2D eigenvalue weighted by Gasteiger charge is 2.32. The zero-order chi connectivity index (χ0) is 21.7. The first-order valence-electron chi connectivity index (χ1n) is 8.06. The SMILES string of the molecule is C=CCN(c1cccc(C(F)(F)F)c1)S(=O)(=O)c1cccc(C(=O)OCC#N)c1. The van der Waals surface area contributed by atoms with Crippen LogP contribution < -0.4 is 4.31 Å². The van der Waals surface area contributed by atoms with Crippen LogP contribution in [0.2, 0.25) is 0 Å². The molecular weight excluding hydrogens is 409 g/mol. The Balaban J connectivity index is 2.50. The summed E-state index contributed by atoms with van der Waals surface area (Å²) in [5.74, 6) is -0.905. The first-order chi connectivity index (χ1) is 13.6. The second-order valence-electron chi connectivity index (χ2n) is 5.63. The molecule has 152 valence electrons. The molecule has 0 aliphatic carbocycles. The Kier molecular flexibility index (Phi) is 6.66. The Morgan fingerprint density at radius 1 is 1.21 bits per heavy atom. The number of anilines is 1. The van der Waals surface area contributed by atoms with Gasteiger partial charge in [-0.1, -0.05) is 18.2 Å². The second-order valence-corrected chi connectivity index (χ2v) is 7.50. The maximum Gasteiger partial charge on any atom is 0.416 e. The Morgan fingerprint density at radius 2 is 1.90 bits per heavy atom. The standard InChI is InChI=1S/C19H15F3N2O4S/c1-2-10-24(16-7-4-6-15(13-16)19(20,21)22)29(26,27)17-8-3-5-14(12-17)18(25)28-11-9-23/h2-8,12-13H,1,10-11H2. The number of esters is 1. The molecule has 0 spiro atoms. The van der Waals surface area contributed by atoms with Crippen LogP contribution in [0.4, 0.5) is 18.9 Å². The van der Waals surface area contributed by atoms with Gasteiger partial charge in [0, 0.05) is 0 Å². The van der Waals surface area contributed by atoms with Gasteiger partial charge in [0.2, 0.25) is 0 Å². The van der Waals surface area contributed by atoms with Gasteiger partial charge in [0.05, 0.1) is 28.3 Å². The van der Waals surface area contributed by atoms with Crippen molar-refractivity contribution in [2.24, 2.45) is 0 Å². The van der Waals surface area contributed by atoms with Crippen molar-refractivity contribution in [3.05, 3.63) is 72.3 Å². The number of carbonyl (C=O) groups excluding carboxylic acids is 1. The third-order valence-electron chi connectivity index (χ3n) is 3.68. The maximum atomic E-state index is 13.1. The van der Waals surface area contributed by atoms with Gasteiger partial charge in [-0.25, -0.2) is 13.2 Å². The Hall–Kier alpha value is -3.32. The van der Waals surface area contributed by atoms with E-state index in [2.05, 4.69) is 11.3 Å². The van der Waals surface area contributed by atoms with E-state index < -0.39 is 34.3 Å². The number of carbonyl (C=O) groups is 1. The quantitative estimate of drug-likeness (QED) is 0.499. The van der Waals surface area contributed by atoms with E-state index in [-0.39, 0.29) is 22.7 Å². The molecule has 0 aromatic heterocycles. The van der Waals surface area contributed by atoms with Gasteiger partial charge in [0.1, 0.15) is 6.07 Å². The summed E-state index contributed by atoms with van der Waals surface area (Å²) in [7, 11) is -4.33. The minimum atomic E-state index is -4.65. The van der Waals surface area contributed by atoms with E-state index in [4.69, 9.17) is 5.26 Å². The number of sulfonamides is 1. The summed E-state index contributed by atoms with van der Waals surface area (Å²) in [6, 6.07) is 10.3. The summed E-state index contributed by atoms with van der Waals surface area (Å²) in [4.78, 5) is 11.5. The van der Waals surface area contributed by atoms with E-state index in [0.29, 0.717) is 6.07 Å². The van der Waals surface area contributed by atoms with Crippen molar-refractivity contribution in [3.8, 4) is 6.07 Å². The molecule has 0 N–H and O–H groups in total. The molecule has 2 rings (SSSR count). The van der Waals surface area contributed by atoms with Crippen LogP contribution in [-0.4, -0.2) is 27.5 Å². The van der Waals surface area contributed by atoms with Gasteiger partial charge in [-0.3, -0.25) is 4.31 Å².